The first-order chi connectivity index (χ1) is 13.1. The fourth-order valence-corrected chi connectivity index (χ4v) is 3.73. The molecule has 27 heavy (non-hydrogen) atoms. The first-order valence-electron chi connectivity index (χ1n) is 8.82. The van der Waals surface area contributed by atoms with Crippen LogP contribution in [-0.2, 0) is 24.1 Å². The lowest BCUT2D eigenvalue weighted by atomic mass is 9.95. The number of benzene rings is 1. The predicted octanol–water partition coefficient (Wildman–Crippen LogP) is 3.61. The van der Waals surface area contributed by atoms with Crippen LogP contribution in [0.2, 0.25) is 0 Å². The zero-order valence-corrected chi connectivity index (χ0v) is 16.5. The van der Waals surface area contributed by atoms with E-state index in [2.05, 4.69) is 25.9 Å². The highest BCUT2D eigenvalue weighted by Gasteiger charge is 2.27. The van der Waals surface area contributed by atoms with Gasteiger partial charge in [0.15, 0.2) is 0 Å². The maximum atomic E-state index is 12.6. The van der Waals surface area contributed by atoms with Gasteiger partial charge in [0, 0.05) is 17.2 Å². The van der Waals surface area contributed by atoms with Crippen LogP contribution in [0.3, 0.4) is 0 Å². The van der Waals surface area contributed by atoms with Crippen LogP contribution in [0.15, 0.2) is 41.0 Å². The molecule has 0 spiro atoms. The average Bonchev–Trinajstić information content (AvgIpc) is 3.03. The standard InChI is InChI=1S/C20H19BrN4O2/c1-2-27-19(26)16-9-13-5-6-14-10-23-20(22)24-17(14)18(13)25(16)11-12-3-7-15(21)8-4-12/h3-4,7-10H,2,5-6,11H2,1H3,(H2,22,23,24). The molecular weight excluding hydrogens is 408 g/mol. The predicted molar refractivity (Wildman–Crippen MR) is 106 cm³/mol. The van der Waals surface area contributed by atoms with Gasteiger partial charge >= 0.3 is 5.97 Å². The van der Waals surface area contributed by atoms with Crippen LogP contribution >= 0.6 is 15.9 Å². The second-order valence-corrected chi connectivity index (χ2v) is 7.35. The topological polar surface area (TPSA) is 83.0 Å². The lowest BCUT2D eigenvalue weighted by Crippen LogP contribution is -2.16. The number of fused-ring (bicyclic) bond motifs is 3. The van der Waals surface area contributed by atoms with Gasteiger partial charge in [-0.15, -0.1) is 0 Å². The summed E-state index contributed by atoms with van der Waals surface area (Å²) in [4.78, 5) is 21.2. The quantitative estimate of drug-likeness (QED) is 0.644. The van der Waals surface area contributed by atoms with E-state index in [9.17, 15) is 4.79 Å². The summed E-state index contributed by atoms with van der Waals surface area (Å²) < 4.78 is 8.29. The van der Waals surface area contributed by atoms with Gasteiger partial charge < -0.3 is 15.0 Å². The Morgan fingerprint density at radius 3 is 2.74 bits per heavy atom. The molecule has 0 saturated carbocycles. The number of carbonyl (C=O) groups is 1. The zero-order chi connectivity index (χ0) is 19.0. The van der Waals surface area contributed by atoms with E-state index < -0.39 is 0 Å². The van der Waals surface area contributed by atoms with Crippen molar-refractivity contribution in [2.75, 3.05) is 12.3 Å². The van der Waals surface area contributed by atoms with E-state index in [1.54, 1.807) is 6.20 Å². The van der Waals surface area contributed by atoms with Crippen molar-refractivity contribution in [3.8, 4) is 11.4 Å². The Morgan fingerprint density at radius 1 is 1.26 bits per heavy atom. The Balaban J connectivity index is 1.88. The van der Waals surface area contributed by atoms with E-state index in [4.69, 9.17) is 10.5 Å². The Hall–Kier alpha value is -2.67. The van der Waals surface area contributed by atoms with Crippen molar-refractivity contribution in [3.05, 3.63) is 63.4 Å². The first-order valence-corrected chi connectivity index (χ1v) is 9.62. The highest BCUT2D eigenvalue weighted by Crippen LogP contribution is 2.35. The third-order valence-corrected chi connectivity index (χ3v) is 5.21. The lowest BCUT2D eigenvalue weighted by molar-refractivity contribution is 0.0514. The molecule has 138 valence electrons. The number of esters is 1. The smallest absolute Gasteiger partial charge is 0.354 e. The SMILES string of the molecule is CCOC(=O)c1cc2c(n1Cc1ccc(Br)cc1)-c1nc(N)ncc1CC2. The molecule has 1 aromatic carbocycles. The van der Waals surface area contributed by atoms with Gasteiger partial charge in [-0.3, -0.25) is 0 Å². The van der Waals surface area contributed by atoms with Crippen molar-refractivity contribution in [3.63, 3.8) is 0 Å². The minimum absolute atomic E-state index is 0.232. The van der Waals surface area contributed by atoms with Crippen LogP contribution in [0.4, 0.5) is 5.95 Å². The Morgan fingerprint density at radius 2 is 2.00 bits per heavy atom. The van der Waals surface area contributed by atoms with Gasteiger partial charge in [-0.05, 0) is 54.7 Å². The number of nitrogens with two attached hydrogens (primary N) is 1. The molecule has 0 saturated heterocycles. The van der Waals surface area contributed by atoms with Crippen LogP contribution in [-0.4, -0.2) is 27.1 Å². The zero-order valence-electron chi connectivity index (χ0n) is 14.9. The monoisotopic (exact) mass is 426 g/mol. The number of nitrogens with zero attached hydrogens (tertiary/aromatic N) is 3. The van der Waals surface area contributed by atoms with E-state index in [1.165, 1.54) is 0 Å². The molecule has 3 aromatic rings. The maximum absolute atomic E-state index is 12.6. The van der Waals surface area contributed by atoms with Gasteiger partial charge in [-0.2, -0.15) is 0 Å². The number of carbonyl (C=O) groups excluding carboxylic acids is 1. The number of hydrogen-bond acceptors (Lipinski definition) is 5. The van der Waals surface area contributed by atoms with E-state index >= 15 is 0 Å². The summed E-state index contributed by atoms with van der Waals surface area (Å²) in [6.07, 6.45) is 3.43. The second kappa shape index (κ2) is 7.15. The molecule has 4 rings (SSSR count). The summed E-state index contributed by atoms with van der Waals surface area (Å²) in [6.45, 7) is 2.68. The number of ether oxygens (including phenoxy) is 1. The molecule has 2 aromatic heterocycles. The number of hydrogen-bond donors (Lipinski definition) is 1. The molecule has 0 bridgehead atoms. The van der Waals surface area contributed by atoms with Gasteiger partial charge in [0.25, 0.3) is 0 Å². The number of aromatic nitrogens is 3. The average molecular weight is 427 g/mol. The summed E-state index contributed by atoms with van der Waals surface area (Å²) in [6, 6.07) is 9.97. The summed E-state index contributed by atoms with van der Waals surface area (Å²) >= 11 is 3.46. The lowest BCUT2D eigenvalue weighted by Gasteiger charge is -2.19. The highest BCUT2D eigenvalue weighted by molar-refractivity contribution is 9.10. The van der Waals surface area contributed by atoms with Crippen LogP contribution in [0.1, 0.15) is 34.1 Å². The Labute approximate surface area is 165 Å². The molecule has 2 N–H and O–H groups in total. The fourth-order valence-electron chi connectivity index (χ4n) is 3.46. The van der Waals surface area contributed by atoms with Crippen molar-refractivity contribution in [1.29, 1.82) is 0 Å². The van der Waals surface area contributed by atoms with Crippen molar-refractivity contribution < 1.29 is 9.53 Å². The summed E-state index contributed by atoms with van der Waals surface area (Å²) in [5.74, 6) is -0.0942. The van der Waals surface area contributed by atoms with Crippen molar-refractivity contribution in [1.82, 2.24) is 14.5 Å². The largest absolute Gasteiger partial charge is 0.461 e. The molecule has 0 atom stereocenters. The second-order valence-electron chi connectivity index (χ2n) is 6.44. The molecule has 6 nitrogen and oxygen atoms in total. The molecule has 0 aliphatic heterocycles. The van der Waals surface area contributed by atoms with Crippen molar-refractivity contribution in [2.24, 2.45) is 0 Å². The minimum atomic E-state index is -0.326. The van der Waals surface area contributed by atoms with Crippen molar-refractivity contribution in [2.45, 2.75) is 26.3 Å². The third kappa shape index (κ3) is 3.35. The molecule has 0 amide bonds. The van der Waals surface area contributed by atoms with Crippen LogP contribution < -0.4 is 5.73 Å². The van der Waals surface area contributed by atoms with Gasteiger partial charge in [-0.1, -0.05) is 28.1 Å². The van der Waals surface area contributed by atoms with Gasteiger partial charge in [0.05, 0.1) is 18.0 Å². The van der Waals surface area contributed by atoms with E-state index in [0.29, 0.717) is 18.8 Å². The van der Waals surface area contributed by atoms with E-state index in [1.807, 2.05) is 41.8 Å². The Kier molecular flexibility index (Phi) is 4.70. The highest BCUT2D eigenvalue weighted by atomic mass is 79.9. The van der Waals surface area contributed by atoms with Crippen LogP contribution in [0.25, 0.3) is 11.4 Å². The van der Waals surface area contributed by atoms with Crippen LogP contribution in [0, 0.1) is 0 Å². The fraction of sp³-hybridized carbons (Fsp3) is 0.250. The maximum Gasteiger partial charge on any atom is 0.354 e. The number of anilines is 1. The normalized spacial score (nSPS) is 12.4. The molecule has 7 heteroatoms. The molecular formula is C20H19BrN4O2. The van der Waals surface area contributed by atoms with Gasteiger partial charge in [-0.25, -0.2) is 14.8 Å². The summed E-state index contributed by atoms with van der Waals surface area (Å²) in [7, 11) is 0. The van der Waals surface area contributed by atoms with E-state index in [0.717, 1.165) is 45.4 Å². The van der Waals surface area contributed by atoms with E-state index in [-0.39, 0.29) is 11.9 Å². The van der Waals surface area contributed by atoms with Gasteiger partial charge in [0.2, 0.25) is 5.95 Å². The Bertz CT molecular complexity index is 1010. The molecule has 0 radical (unpaired) electrons. The molecule has 2 heterocycles. The first kappa shape index (κ1) is 17.7. The summed E-state index contributed by atoms with van der Waals surface area (Å²) in [5, 5.41) is 0. The molecule has 0 unspecified atom stereocenters. The number of rotatable bonds is 4. The number of nitrogen functional groups attached to an aromatic ring is 1. The number of halogens is 1. The minimum Gasteiger partial charge on any atom is -0.461 e. The van der Waals surface area contributed by atoms with Crippen molar-refractivity contribution >= 4 is 27.8 Å². The molecule has 1 aliphatic carbocycles. The molecule has 1 aliphatic rings. The number of aryl methyl sites for hydroxylation is 2. The summed E-state index contributed by atoms with van der Waals surface area (Å²) in [5.41, 5.74) is 11.3. The van der Waals surface area contributed by atoms with Gasteiger partial charge in [0.1, 0.15) is 5.69 Å². The van der Waals surface area contributed by atoms with Crippen LogP contribution in [0.5, 0.6) is 0 Å². The third-order valence-electron chi connectivity index (χ3n) is 4.69. The molecule has 0 fully saturated rings.